The van der Waals surface area contributed by atoms with Gasteiger partial charge in [0.1, 0.15) is 0 Å². The van der Waals surface area contributed by atoms with Gasteiger partial charge in [-0.1, -0.05) is 0 Å². The molecule has 0 aromatic heterocycles. The summed E-state index contributed by atoms with van der Waals surface area (Å²) in [5, 5.41) is 0. The van der Waals surface area contributed by atoms with Crippen molar-refractivity contribution in [3.8, 4) is 0 Å². The fraction of sp³-hybridized carbons (Fsp3) is 0.667. The van der Waals surface area contributed by atoms with Crippen molar-refractivity contribution in [2.75, 3.05) is 20.3 Å². The normalized spacial score (nSPS) is 13.3. The first kappa shape index (κ1) is 17.5. The van der Waals surface area contributed by atoms with Crippen molar-refractivity contribution in [3.63, 3.8) is 0 Å². The summed E-state index contributed by atoms with van der Waals surface area (Å²) in [6, 6.07) is 0. The van der Waals surface area contributed by atoms with Crippen molar-refractivity contribution >= 4 is 0 Å². The summed E-state index contributed by atoms with van der Waals surface area (Å²) in [7, 11) is 2.08. The van der Waals surface area contributed by atoms with E-state index in [1.165, 1.54) is 0 Å². The zero-order valence-electron chi connectivity index (χ0n) is 6.57. The third-order valence-electron chi connectivity index (χ3n) is 1.34. The summed E-state index contributed by atoms with van der Waals surface area (Å²) < 4.78 is 0. The van der Waals surface area contributed by atoms with E-state index in [2.05, 4.69) is 36.2 Å². The molecule has 2 nitrogen and oxygen atoms in total. The fourth-order valence-corrected chi connectivity index (χ4v) is 0.794. The number of hydrogen-bond donors (Lipinski definition) is 0. The first-order chi connectivity index (χ1) is 3.83. The van der Waals surface area contributed by atoms with E-state index in [1.54, 1.807) is 0 Å². The molecule has 0 N–H and O–H groups in total. The van der Waals surface area contributed by atoms with Crippen molar-refractivity contribution < 1.29 is 41.9 Å². The average Bonchev–Trinajstić information content (AvgIpc) is 2.14. The van der Waals surface area contributed by atoms with Gasteiger partial charge < -0.3 is 34.6 Å². The van der Waals surface area contributed by atoms with Gasteiger partial charge in [0.25, 0.3) is 0 Å². The molecule has 1 rings (SSSR count). The van der Waals surface area contributed by atoms with E-state index in [0.717, 1.165) is 13.2 Å². The number of hydrogen-bond acceptors (Lipinski definition) is 2. The summed E-state index contributed by atoms with van der Waals surface area (Å²) in [4.78, 5) is 4.41. The minimum Gasteiger partial charge on any atom is -1.00 e. The van der Waals surface area contributed by atoms with Crippen LogP contribution in [0.3, 0.4) is 0 Å². The van der Waals surface area contributed by atoms with Gasteiger partial charge in [-0.15, -0.1) is 0 Å². The maximum atomic E-state index is 2.25. The van der Waals surface area contributed by atoms with Crippen molar-refractivity contribution in [1.82, 2.24) is 9.80 Å². The number of halogens is 2. The van der Waals surface area contributed by atoms with Gasteiger partial charge in [-0.3, -0.25) is 0 Å². The third kappa shape index (κ3) is 5.68. The summed E-state index contributed by atoms with van der Waals surface area (Å²) in [6.07, 6.45) is 4.20. The Kier molecular flexibility index (Phi) is 13.6. The third-order valence-corrected chi connectivity index (χ3v) is 1.34. The molecular weight excluding hydrogens is 227 g/mol. The molecule has 1 aliphatic rings. The zero-order chi connectivity index (χ0) is 5.98. The zero-order valence-corrected chi connectivity index (χ0v) is 9.19. The van der Waals surface area contributed by atoms with E-state index >= 15 is 0 Å². The molecule has 0 unspecified atom stereocenters. The van der Waals surface area contributed by atoms with Crippen molar-refractivity contribution in [1.29, 1.82) is 0 Å². The van der Waals surface area contributed by atoms with Crippen LogP contribution in [0.25, 0.3) is 0 Å². The second-order valence-corrected chi connectivity index (χ2v) is 2.10. The molecule has 0 aliphatic carbocycles. The SMILES string of the molecule is CCN1C=CN(C)C1.[Cl-].[Cl-].[Fe+2]. The Balaban J connectivity index is -0.000000213. The minimum absolute atomic E-state index is 0. The molecule has 0 saturated heterocycles. The molecule has 0 atom stereocenters. The average molecular weight is 239 g/mol. The molecule has 0 aromatic rings. The molecule has 0 saturated carbocycles. The van der Waals surface area contributed by atoms with Gasteiger partial charge in [0.2, 0.25) is 0 Å². The van der Waals surface area contributed by atoms with Crippen LogP contribution in [0.2, 0.25) is 0 Å². The van der Waals surface area contributed by atoms with Crippen molar-refractivity contribution in [3.05, 3.63) is 12.4 Å². The van der Waals surface area contributed by atoms with Crippen LogP contribution in [0.5, 0.6) is 0 Å². The predicted molar refractivity (Wildman–Crippen MR) is 34.1 cm³/mol. The predicted octanol–water partition coefficient (Wildman–Crippen LogP) is -5.31. The van der Waals surface area contributed by atoms with Crippen LogP contribution in [0.1, 0.15) is 6.92 Å². The van der Waals surface area contributed by atoms with E-state index in [0.29, 0.717) is 0 Å². The van der Waals surface area contributed by atoms with Crippen LogP contribution >= 0.6 is 0 Å². The van der Waals surface area contributed by atoms with Crippen molar-refractivity contribution in [2.45, 2.75) is 6.92 Å². The van der Waals surface area contributed by atoms with Gasteiger partial charge in [-0.05, 0) is 6.92 Å². The molecule has 1 aliphatic heterocycles. The molecule has 1 heterocycles. The van der Waals surface area contributed by atoms with Crippen molar-refractivity contribution in [2.24, 2.45) is 0 Å². The molecule has 0 radical (unpaired) electrons. The Labute approximate surface area is 91.3 Å². The summed E-state index contributed by atoms with van der Waals surface area (Å²) >= 11 is 0. The maximum absolute atomic E-state index is 2.25. The van der Waals surface area contributed by atoms with E-state index in [4.69, 9.17) is 0 Å². The van der Waals surface area contributed by atoms with E-state index in [1.807, 2.05) is 0 Å². The molecule has 0 aromatic carbocycles. The van der Waals surface area contributed by atoms with Gasteiger partial charge >= 0.3 is 17.1 Å². The Hall–Kier alpha value is 0.439. The van der Waals surface area contributed by atoms with Crippen LogP contribution in [0, 0.1) is 0 Å². The molecule has 0 fully saturated rings. The minimum atomic E-state index is 0. The first-order valence-electron chi connectivity index (χ1n) is 2.95. The monoisotopic (exact) mass is 238 g/mol. The molecule has 68 valence electrons. The van der Waals surface area contributed by atoms with E-state index in [9.17, 15) is 0 Å². The summed E-state index contributed by atoms with van der Waals surface area (Å²) in [6.45, 7) is 4.32. The van der Waals surface area contributed by atoms with E-state index < -0.39 is 0 Å². The van der Waals surface area contributed by atoms with Crippen LogP contribution in [-0.4, -0.2) is 30.1 Å². The smallest absolute Gasteiger partial charge is 1.00 e. The molecule has 0 bridgehead atoms. The molecule has 0 spiro atoms. The topological polar surface area (TPSA) is 6.48 Å². The van der Waals surface area contributed by atoms with Gasteiger partial charge in [0, 0.05) is 26.0 Å². The first-order valence-corrected chi connectivity index (χ1v) is 2.95. The Morgan fingerprint density at radius 1 is 1.27 bits per heavy atom. The fourth-order valence-electron chi connectivity index (χ4n) is 0.794. The Bertz CT molecular complexity index is 111. The van der Waals surface area contributed by atoms with Gasteiger partial charge in [0.05, 0.1) is 6.67 Å². The molecule has 0 amide bonds. The maximum Gasteiger partial charge on any atom is 2.00 e. The van der Waals surface area contributed by atoms with Gasteiger partial charge in [0.15, 0.2) is 0 Å². The standard InChI is InChI=1S/C6H12N2.2ClH.Fe/c1-3-8-5-4-7(2)6-8;;;/h4-5H,3,6H2,1-2H3;2*1H;/q;;;+2/p-2. The van der Waals surface area contributed by atoms with Gasteiger partial charge in [-0.25, -0.2) is 0 Å². The summed E-state index contributed by atoms with van der Waals surface area (Å²) in [5.41, 5.74) is 0. The van der Waals surface area contributed by atoms with Crippen LogP contribution in [0.15, 0.2) is 12.4 Å². The second kappa shape index (κ2) is 8.54. The second-order valence-electron chi connectivity index (χ2n) is 2.10. The summed E-state index contributed by atoms with van der Waals surface area (Å²) in [5.74, 6) is 0. The molecule has 5 heteroatoms. The molecular formula is C6H12Cl2FeN2. The van der Waals surface area contributed by atoms with E-state index in [-0.39, 0.29) is 41.9 Å². The largest absolute Gasteiger partial charge is 2.00 e. The van der Waals surface area contributed by atoms with Crippen LogP contribution < -0.4 is 24.8 Å². The Morgan fingerprint density at radius 2 is 1.82 bits per heavy atom. The van der Waals surface area contributed by atoms with Gasteiger partial charge in [-0.2, -0.15) is 0 Å². The van der Waals surface area contributed by atoms with Crippen LogP contribution in [0.4, 0.5) is 0 Å². The Morgan fingerprint density at radius 3 is 2.00 bits per heavy atom. The number of nitrogens with zero attached hydrogens (tertiary/aromatic N) is 2. The van der Waals surface area contributed by atoms with Crippen LogP contribution in [-0.2, 0) is 17.1 Å². The molecule has 11 heavy (non-hydrogen) atoms. The number of rotatable bonds is 1. The quantitative estimate of drug-likeness (QED) is 0.422.